The van der Waals surface area contributed by atoms with E-state index in [-0.39, 0.29) is 11.8 Å². The molecule has 0 aromatic heterocycles. The Kier molecular flexibility index (Phi) is 5.56. The highest BCUT2D eigenvalue weighted by molar-refractivity contribution is 9.10. The predicted octanol–water partition coefficient (Wildman–Crippen LogP) is 4.02. The summed E-state index contributed by atoms with van der Waals surface area (Å²) < 4.78 is 28.3. The molecule has 2 rings (SSSR count). The zero-order chi connectivity index (χ0) is 15.3. The minimum atomic E-state index is -3.37. The van der Waals surface area contributed by atoms with Crippen molar-refractivity contribution < 1.29 is 8.42 Å². The lowest BCUT2D eigenvalue weighted by Crippen LogP contribution is -2.29. The fraction of sp³-hybridized carbons (Fsp3) is 0.250. The van der Waals surface area contributed by atoms with Crippen LogP contribution in [0.4, 0.5) is 0 Å². The number of sulfonamides is 1. The lowest BCUT2D eigenvalue weighted by molar-refractivity contribution is 0.549. The van der Waals surface area contributed by atoms with Gasteiger partial charge >= 0.3 is 0 Å². The number of nitrogens with one attached hydrogen (secondary N) is 1. The first-order valence-corrected chi connectivity index (χ1v) is 9.24. The van der Waals surface area contributed by atoms with E-state index in [0.717, 1.165) is 15.6 Å². The van der Waals surface area contributed by atoms with E-state index < -0.39 is 10.0 Å². The fourth-order valence-corrected chi connectivity index (χ4v) is 3.85. The molecule has 0 saturated heterocycles. The molecule has 0 aliphatic heterocycles. The van der Waals surface area contributed by atoms with Gasteiger partial charge in [-0.25, -0.2) is 13.1 Å². The van der Waals surface area contributed by atoms with Gasteiger partial charge in [0.25, 0.3) is 0 Å². The van der Waals surface area contributed by atoms with E-state index in [0.29, 0.717) is 6.42 Å². The fourth-order valence-electron chi connectivity index (χ4n) is 2.13. The van der Waals surface area contributed by atoms with Crippen LogP contribution in [0.5, 0.6) is 0 Å². The van der Waals surface area contributed by atoms with E-state index in [4.69, 9.17) is 0 Å². The molecule has 3 nitrogen and oxygen atoms in total. The van der Waals surface area contributed by atoms with Gasteiger partial charge in [-0.3, -0.25) is 0 Å². The SMILES string of the molecule is CC[C@@H](NS(=O)(=O)Cc1ccc(Br)cc1)c1ccccc1. The Balaban J connectivity index is 2.10. The molecule has 2 aromatic rings. The van der Waals surface area contributed by atoms with E-state index in [9.17, 15) is 8.42 Å². The van der Waals surface area contributed by atoms with Gasteiger partial charge in [-0.1, -0.05) is 65.3 Å². The molecule has 21 heavy (non-hydrogen) atoms. The van der Waals surface area contributed by atoms with Crippen molar-refractivity contribution in [2.45, 2.75) is 25.1 Å². The standard InChI is InChI=1S/C16H18BrNO2S/c1-2-16(14-6-4-3-5-7-14)18-21(19,20)12-13-8-10-15(17)11-9-13/h3-11,16,18H,2,12H2,1H3/t16-/m1/s1. The third-order valence-corrected chi connectivity index (χ3v) is 5.09. The summed E-state index contributed by atoms with van der Waals surface area (Å²) in [6, 6.07) is 16.8. The van der Waals surface area contributed by atoms with Crippen molar-refractivity contribution in [3.8, 4) is 0 Å². The number of hydrogen-bond donors (Lipinski definition) is 1. The molecular formula is C16H18BrNO2S. The van der Waals surface area contributed by atoms with Crippen LogP contribution in [0.15, 0.2) is 59.1 Å². The average molecular weight is 368 g/mol. The highest BCUT2D eigenvalue weighted by Crippen LogP contribution is 2.19. The molecule has 2 aromatic carbocycles. The number of hydrogen-bond acceptors (Lipinski definition) is 2. The van der Waals surface area contributed by atoms with Crippen molar-refractivity contribution in [3.05, 3.63) is 70.2 Å². The first kappa shape index (κ1) is 16.2. The maximum atomic E-state index is 12.3. The molecule has 5 heteroatoms. The van der Waals surface area contributed by atoms with Crippen molar-refractivity contribution in [3.63, 3.8) is 0 Å². The monoisotopic (exact) mass is 367 g/mol. The highest BCUT2D eigenvalue weighted by Gasteiger charge is 2.18. The van der Waals surface area contributed by atoms with Crippen molar-refractivity contribution in [2.24, 2.45) is 0 Å². The average Bonchev–Trinajstić information content (AvgIpc) is 2.48. The van der Waals surface area contributed by atoms with Crippen molar-refractivity contribution in [2.75, 3.05) is 0 Å². The van der Waals surface area contributed by atoms with Crippen molar-refractivity contribution >= 4 is 26.0 Å². The molecule has 0 aliphatic carbocycles. The molecule has 112 valence electrons. The number of rotatable bonds is 6. The van der Waals surface area contributed by atoms with Crippen LogP contribution >= 0.6 is 15.9 Å². The van der Waals surface area contributed by atoms with Crippen molar-refractivity contribution in [1.29, 1.82) is 0 Å². The minimum Gasteiger partial charge on any atom is -0.212 e. The lowest BCUT2D eigenvalue weighted by Gasteiger charge is -2.17. The molecule has 0 radical (unpaired) electrons. The molecule has 0 aliphatic rings. The van der Waals surface area contributed by atoms with E-state index in [1.807, 2.05) is 61.5 Å². The maximum Gasteiger partial charge on any atom is 0.216 e. The molecular weight excluding hydrogens is 350 g/mol. The van der Waals surface area contributed by atoms with Crippen LogP contribution < -0.4 is 4.72 Å². The van der Waals surface area contributed by atoms with E-state index >= 15 is 0 Å². The zero-order valence-electron chi connectivity index (χ0n) is 11.8. The van der Waals surface area contributed by atoms with Crippen LogP contribution in [0.1, 0.15) is 30.5 Å². The van der Waals surface area contributed by atoms with Crippen LogP contribution in [0.25, 0.3) is 0 Å². The quantitative estimate of drug-likeness (QED) is 0.837. The summed E-state index contributed by atoms with van der Waals surface area (Å²) in [5.74, 6) is -0.0103. The first-order valence-electron chi connectivity index (χ1n) is 6.79. The highest BCUT2D eigenvalue weighted by atomic mass is 79.9. The smallest absolute Gasteiger partial charge is 0.212 e. The molecule has 1 N–H and O–H groups in total. The first-order chi connectivity index (χ1) is 10.00. The number of benzene rings is 2. The predicted molar refractivity (Wildman–Crippen MR) is 89.4 cm³/mol. The van der Waals surface area contributed by atoms with Gasteiger partial charge in [0.05, 0.1) is 5.75 Å². The summed E-state index contributed by atoms with van der Waals surface area (Å²) in [4.78, 5) is 0. The van der Waals surface area contributed by atoms with E-state index in [2.05, 4.69) is 20.7 Å². The van der Waals surface area contributed by atoms with Gasteiger partial charge in [0.2, 0.25) is 10.0 Å². The Labute approximate surface area is 134 Å². The summed E-state index contributed by atoms with van der Waals surface area (Å²) in [6.45, 7) is 1.97. The van der Waals surface area contributed by atoms with Gasteiger partial charge in [-0.15, -0.1) is 0 Å². The Morgan fingerprint density at radius 3 is 2.24 bits per heavy atom. The Bertz CT molecular complexity index is 669. The second kappa shape index (κ2) is 7.20. The number of halogens is 1. The topological polar surface area (TPSA) is 46.2 Å². The summed E-state index contributed by atoms with van der Waals surface area (Å²) in [6.07, 6.45) is 0.712. The van der Waals surface area contributed by atoms with Crippen LogP contribution in [-0.4, -0.2) is 8.42 Å². The van der Waals surface area contributed by atoms with Crippen molar-refractivity contribution in [1.82, 2.24) is 4.72 Å². The largest absolute Gasteiger partial charge is 0.216 e. The Hall–Kier alpha value is -1.17. The second-order valence-electron chi connectivity index (χ2n) is 4.87. The van der Waals surface area contributed by atoms with Crippen LogP contribution in [0.2, 0.25) is 0 Å². The van der Waals surface area contributed by atoms with E-state index in [1.54, 1.807) is 0 Å². The van der Waals surface area contributed by atoms with Gasteiger partial charge in [0.1, 0.15) is 0 Å². The summed E-state index contributed by atoms with van der Waals surface area (Å²) in [5, 5.41) is 0. The van der Waals surface area contributed by atoms with Gasteiger partial charge in [0.15, 0.2) is 0 Å². The molecule has 0 fully saturated rings. The normalized spacial score (nSPS) is 13.0. The summed E-state index contributed by atoms with van der Waals surface area (Å²) >= 11 is 3.34. The molecule has 0 saturated carbocycles. The molecule has 0 heterocycles. The third-order valence-electron chi connectivity index (χ3n) is 3.20. The third kappa shape index (κ3) is 4.95. The molecule has 0 amide bonds. The van der Waals surface area contributed by atoms with E-state index in [1.165, 1.54) is 0 Å². The van der Waals surface area contributed by atoms with Gasteiger partial charge in [-0.2, -0.15) is 0 Å². The summed E-state index contributed by atoms with van der Waals surface area (Å²) in [5.41, 5.74) is 1.76. The minimum absolute atomic E-state index is 0.0103. The van der Waals surface area contributed by atoms with Crippen LogP contribution in [0.3, 0.4) is 0 Å². The zero-order valence-corrected chi connectivity index (χ0v) is 14.2. The maximum absolute atomic E-state index is 12.3. The summed E-state index contributed by atoms with van der Waals surface area (Å²) in [7, 11) is -3.37. The lowest BCUT2D eigenvalue weighted by atomic mass is 10.1. The second-order valence-corrected chi connectivity index (χ2v) is 7.54. The molecule has 0 unspecified atom stereocenters. The molecule has 1 atom stereocenters. The van der Waals surface area contributed by atoms with Gasteiger partial charge in [0, 0.05) is 10.5 Å². The van der Waals surface area contributed by atoms with Crippen LogP contribution in [-0.2, 0) is 15.8 Å². The van der Waals surface area contributed by atoms with Crippen LogP contribution in [0, 0.1) is 0 Å². The molecule has 0 spiro atoms. The van der Waals surface area contributed by atoms with Gasteiger partial charge < -0.3 is 0 Å². The van der Waals surface area contributed by atoms with Gasteiger partial charge in [-0.05, 0) is 29.7 Å². The molecule has 0 bridgehead atoms. The Morgan fingerprint density at radius 1 is 1.05 bits per heavy atom. The Morgan fingerprint density at radius 2 is 1.67 bits per heavy atom.